The summed E-state index contributed by atoms with van der Waals surface area (Å²) in [4.78, 5) is 14.1. The largest absolute Gasteiger partial charge is 0.497 e. The van der Waals surface area contributed by atoms with Gasteiger partial charge in [-0.25, -0.2) is 8.42 Å². The smallest absolute Gasteiger partial charge is 0.253 e. The summed E-state index contributed by atoms with van der Waals surface area (Å²) in [6, 6.07) is 7.02. The summed E-state index contributed by atoms with van der Waals surface area (Å²) < 4.78 is 28.8. The second-order valence-electron chi connectivity index (χ2n) is 5.18. The van der Waals surface area contributed by atoms with Gasteiger partial charge in [0.15, 0.2) is 9.84 Å². The van der Waals surface area contributed by atoms with E-state index in [1.165, 1.54) is 0 Å². The zero-order chi connectivity index (χ0) is 15.5. The van der Waals surface area contributed by atoms with Crippen LogP contribution in [-0.2, 0) is 9.84 Å². The molecule has 0 N–H and O–H groups in total. The fourth-order valence-corrected chi connectivity index (χ4v) is 3.99. The monoisotopic (exact) mass is 311 g/mol. The minimum Gasteiger partial charge on any atom is -0.497 e. The lowest BCUT2D eigenvalue weighted by Crippen LogP contribution is -2.42. The van der Waals surface area contributed by atoms with Crippen LogP contribution in [0.3, 0.4) is 0 Å². The van der Waals surface area contributed by atoms with Crippen LogP contribution >= 0.6 is 0 Å². The Hall–Kier alpha value is -1.56. The van der Waals surface area contributed by atoms with Crippen LogP contribution in [0.1, 0.15) is 30.1 Å². The van der Waals surface area contributed by atoms with Gasteiger partial charge in [-0.05, 0) is 31.0 Å². The Kier molecular flexibility index (Phi) is 4.88. The van der Waals surface area contributed by atoms with E-state index in [1.807, 2.05) is 0 Å². The summed E-state index contributed by atoms with van der Waals surface area (Å²) in [6.45, 7) is 2.64. The molecule has 1 saturated heterocycles. The third-order valence-electron chi connectivity index (χ3n) is 3.96. The Bertz CT molecular complexity index is 604. The molecule has 1 heterocycles. The van der Waals surface area contributed by atoms with E-state index in [0.29, 0.717) is 37.2 Å². The van der Waals surface area contributed by atoms with Gasteiger partial charge in [0.05, 0.1) is 12.4 Å². The number of methoxy groups -OCH3 is 1. The molecule has 0 saturated carbocycles. The molecule has 5 nitrogen and oxygen atoms in total. The lowest BCUT2D eigenvalue weighted by Gasteiger charge is -2.31. The number of sulfone groups is 1. The predicted octanol–water partition coefficient (Wildman–Crippen LogP) is 1.73. The fourth-order valence-electron chi connectivity index (χ4n) is 2.59. The van der Waals surface area contributed by atoms with Crippen molar-refractivity contribution in [1.29, 1.82) is 0 Å². The first-order chi connectivity index (χ1) is 9.97. The Morgan fingerprint density at radius 1 is 1.33 bits per heavy atom. The molecule has 0 aliphatic carbocycles. The first kappa shape index (κ1) is 15.8. The van der Waals surface area contributed by atoms with Crippen LogP contribution in [0.25, 0.3) is 0 Å². The van der Waals surface area contributed by atoms with E-state index in [2.05, 4.69) is 0 Å². The molecule has 0 radical (unpaired) electrons. The third-order valence-corrected chi connectivity index (χ3v) is 6.25. The van der Waals surface area contributed by atoms with E-state index < -0.39 is 9.84 Å². The fraction of sp³-hybridized carbons (Fsp3) is 0.533. The quantitative estimate of drug-likeness (QED) is 0.849. The number of carbonyl (C=O) groups excluding carboxylic acids is 1. The SMILES string of the molecule is CCS(=O)(=O)C1CCN(C(=O)c2cccc(OC)c2)CC1. The molecule has 2 rings (SSSR count). The molecule has 0 aromatic heterocycles. The molecule has 0 spiro atoms. The van der Waals surface area contributed by atoms with Gasteiger partial charge < -0.3 is 9.64 Å². The minimum absolute atomic E-state index is 0.0683. The molecular formula is C15H21NO4S. The molecule has 21 heavy (non-hydrogen) atoms. The van der Waals surface area contributed by atoms with Gasteiger partial charge in [0, 0.05) is 24.4 Å². The standard InChI is InChI=1S/C15H21NO4S/c1-3-21(18,19)14-7-9-16(10-8-14)15(17)12-5-4-6-13(11-12)20-2/h4-6,11,14H,3,7-10H2,1-2H3. The number of piperidine rings is 1. The minimum atomic E-state index is -3.00. The first-order valence-corrected chi connectivity index (χ1v) is 8.84. The Morgan fingerprint density at radius 3 is 2.57 bits per heavy atom. The number of rotatable bonds is 4. The second-order valence-corrected chi connectivity index (χ2v) is 7.74. The molecule has 0 atom stereocenters. The lowest BCUT2D eigenvalue weighted by molar-refractivity contribution is 0.0725. The van der Waals surface area contributed by atoms with Crippen LogP contribution in [0.4, 0.5) is 0 Å². The number of nitrogens with zero attached hydrogens (tertiary/aromatic N) is 1. The van der Waals surface area contributed by atoms with E-state index in [1.54, 1.807) is 43.2 Å². The summed E-state index contributed by atoms with van der Waals surface area (Å²) in [5.74, 6) is 0.743. The van der Waals surface area contributed by atoms with Gasteiger partial charge in [0.1, 0.15) is 5.75 Å². The average molecular weight is 311 g/mol. The Balaban J connectivity index is 2.03. The molecule has 0 unspecified atom stereocenters. The van der Waals surface area contributed by atoms with Crippen molar-refractivity contribution in [3.05, 3.63) is 29.8 Å². The molecule has 1 aliphatic rings. The zero-order valence-electron chi connectivity index (χ0n) is 12.4. The number of carbonyl (C=O) groups is 1. The van der Waals surface area contributed by atoms with E-state index in [4.69, 9.17) is 4.74 Å². The lowest BCUT2D eigenvalue weighted by atomic mass is 10.1. The summed E-state index contributed by atoms with van der Waals surface area (Å²) in [6.07, 6.45) is 1.04. The van der Waals surface area contributed by atoms with Gasteiger partial charge in [-0.3, -0.25) is 4.79 Å². The molecular weight excluding hydrogens is 290 g/mol. The Labute approximate surface area is 125 Å². The second kappa shape index (κ2) is 6.47. The highest BCUT2D eigenvalue weighted by Crippen LogP contribution is 2.21. The van der Waals surface area contributed by atoms with E-state index in [-0.39, 0.29) is 16.9 Å². The average Bonchev–Trinajstić information content (AvgIpc) is 2.54. The van der Waals surface area contributed by atoms with Crippen molar-refractivity contribution < 1.29 is 17.9 Å². The predicted molar refractivity (Wildman–Crippen MR) is 81.4 cm³/mol. The van der Waals surface area contributed by atoms with Gasteiger partial charge in [-0.15, -0.1) is 0 Å². The molecule has 1 aliphatic heterocycles. The van der Waals surface area contributed by atoms with Crippen LogP contribution in [-0.4, -0.2) is 50.4 Å². The van der Waals surface area contributed by atoms with Crippen molar-refractivity contribution in [2.45, 2.75) is 25.0 Å². The summed E-state index contributed by atoms with van der Waals surface area (Å²) in [5, 5.41) is -0.308. The topological polar surface area (TPSA) is 63.7 Å². The van der Waals surface area contributed by atoms with Gasteiger partial charge in [-0.2, -0.15) is 0 Å². The molecule has 116 valence electrons. The van der Waals surface area contributed by atoms with Crippen LogP contribution in [0.2, 0.25) is 0 Å². The van der Waals surface area contributed by atoms with E-state index >= 15 is 0 Å². The molecule has 0 bridgehead atoms. The molecule has 1 fully saturated rings. The highest BCUT2D eigenvalue weighted by Gasteiger charge is 2.30. The van der Waals surface area contributed by atoms with Crippen molar-refractivity contribution in [3.63, 3.8) is 0 Å². The first-order valence-electron chi connectivity index (χ1n) is 7.13. The van der Waals surface area contributed by atoms with Crippen LogP contribution < -0.4 is 4.74 Å². The number of benzene rings is 1. The third kappa shape index (κ3) is 3.56. The number of amides is 1. The maximum absolute atomic E-state index is 12.4. The molecule has 1 amide bonds. The Morgan fingerprint density at radius 2 is 2.00 bits per heavy atom. The van der Waals surface area contributed by atoms with Crippen LogP contribution in [0, 0.1) is 0 Å². The van der Waals surface area contributed by atoms with Gasteiger partial charge in [-0.1, -0.05) is 13.0 Å². The zero-order valence-corrected chi connectivity index (χ0v) is 13.2. The van der Waals surface area contributed by atoms with Crippen molar-refractivity contribution in [1.82, 2.24) is 4.90 Å². The van der Waals surface area contributed by atoms with Crippen molar-refractivity contribution >= 4 is 15.7 Å². The molecule has 1 aromatic carbocycles. The van der Waals surface area contributed by atoms with Crippen molar-refractivity contribution in [2.24, 2.45) is 0 Å². The normalized spacial score (nSPS) is 16.8. The number of ether oxygens (including phenoxy) is 1. The van der Waals surface area contributed by atoms with E-state index in [9.17, 15) is 13.2 Å². The van der Waals surface area contributed by atoms with E-state index in [0.717, 1.165) is 0 Å². The molecule has 6 heteroatoms. The number of hydrogen-bond donors (Lipinski definition) is 0. The summed E-state index contributed by atoms with van der Waals surface area (Å²) in [5.41, 5.74) is 0.575. The number of likely N-dealkylation sites (tertiary alicyclic amines) is 1. The number of hydrogen-bond acceptors (Lipinski definition) is 4. The highest BCUT2D eigenvalue weighted by atomic mass is 32.2. The van der Waals surface area contributed by atoms with Crippen LogP contribution in [0.15, 0.2) is 24.3 Å². The molecule has 1 aromatic rings. The summed E-state index contributed by atoms with van der Waals surface area (Å²) in [7, 11) is -1.44. The maximum Gasteiger partial charge on any atom is 0.253 e. The van der Waals surface area contributed by atoms with Gasteiger partial charge in [0.2, 0.25) is 0 Å². The van der Waals surface area contributed by atoms with Crippen molar-refractivity contribution in [3.8, 4) is 5.75 Å². The summed E-state index contributed by atoms with van der Waals surface area (Å²) >= 11 is 0. The van der Waals surface area contributed by atoms with Crippen molar-refractivity contribution in [2.75, 3.05) is 26.0 Å². The van der Waals surface area contributed by atoms with Gasteiger partial charge in [0.25, 0.3) is 5.91 Å². The van der Waals surface area contributed by atoms with Crippen LogP contribution in [0.5, 0.6) is 5.75 Å². The van der Waals surface area contributed by atoms with Gasteiger partial charge >= 0.3 is 0 Å². The maximum atomic E-state index is 12.4. The highest BCUT2D eigenvalue weighted by molar-refractivity contribution is 7.92.